The Morgan fingerprint density at radius 2 is 2.10 bits per heavy atom. The number of nitrogens with two attached hydrogens (primary N) is 1. The average molecular weight is 310 g/mol. The lowest BCUT2D eigenvalue weighted by atomic mass is 10.2. The molecule has 1 amide bonds. The van der Waals surface area contributed by atoms with Crippen LogP contribution in [-0.2, 0) is 6.42 Å². The monoisotopic (exact) mass is 309 g/mol. The second kappa shape index (κ2) is 6.59. The van der Waals surface area contributed by atoms with Crippen molar-refractivity contribution >= 4 is 34.8 Å². The predicted molar refractivity (Wildman–Crippen MR) is 81.1 cm³/mol. The van der Waals surface area contributed by atoms with Crippen LogP contribution in [0.25, 0.3) is 0 Å². The molecular formula is C14H13Cl2N3O. The Balaban J connectivity index is 1.95. The molecule has 2 aromatic rings. The third kappa shape index (κ3) is 3.62. The highest BCUT2D eigenvalue weighted by molar-refractivity contribution is 6.43. The number of nitrogen functional groups attached to an aromatic ring is 1. The Morgan fingerprint density at radius 1 is 1.30 bits per heavy atom. The molecule has 1 heterocycles. The zero-order chi connectivity index (χ0) is 14.5. The molecule has 1 aromatic heterocycles. The summed E-state index contributed by atoms with van der Waals surface area (Å²) < 4.78 is 0. The molecule has 0 fully saturated rings. The second-order valence-electron chi connectivity index (χ2n) is 4.19. The fourth-order valence-electron chi connectivity index (χ4n) is 1.69. The highest BCUT2D eigenvalue weighted by atomic mass is 35.5. The molecule has 3 N–H and O–H groups in total. The summed E-state index contributed by atoms with van der Waals surface area (Å²) in [4.78, 5) is 16.1. The summed E-state index contributed by atoms with van der Waals surface area (Å²) >= 11 is 11.7. The molecule has 6 heteroatoms. The molecule has 1 aromatic carbocycles. The number of anilines is 1. The van der Waals surface area contributed by atoms with E-state index in [2.05, 4.69) is 10.3 Å². The zero-order valence-corrected chi connectivity index (χ0v) is 12.1. The van der Waals surface area contributed by atoms with Crippen LogP contribution < -0.4 is 11.1 Å². The van der Waals surface area contributed by atoms with Gasteiger partial charge in [-0.05, 0) is 24.3 Å². The van der Waals surface area contributed by atoms with Crippen molar-refractivity contribution in [3.63, 3.8) is 0 Å². The molecule has 0 atom stereocenters. The number of pyridine rings is 1. The molecule has 0 aliphatic rings. The molecule has 0 radical (unpaired) electrons. The van der Waals surface area contributed by atoms with E-state index in [4.69, 9.17) is 28.9 Å². The van der Waals surface area contributed by atoms with E-state index in [1.165, 1.54) is 12.1 Å². The van der Waals surface area contributed by atoms with E-state index in [0.29, 0.717) is 18.5 Å². The highest BCUT2D eigenvalue weighted by Crippen LogP contribution is 2.29. The van der Waals surface area contributed by atoms with Gasteiger partial charge in [-0.25, -0.2) is 0 Å². The van der Waals surface area contributed by atoms with Gasteiger partial charge < -0.3 is 11.1 Å². The van der Waals surface area contributed by atoms with Crippen molar-refractivity contribution in [3.8, 4) is 0 Å². The first kappa shape index (κ1) is 14.6. The fourth-order valence-corrected chi connectivity index (χ4v) is 2.03. The van der Waals surface area contributed by atoms with Crippen molar-refractivity contribution in [2.45, 2.75) is 6.42 Å². The summed E-state index contributed by atoms with van der Waals surface area (Å²) in [6.45, 7) is 0.482. The largest absolute Gasteiger partial charge is 0.397 e. The maximum atomic E-state index is 12.0. The van der Waals surface area contributed by atoms with Crippen molar-refractivity contribution in [2.75, 3.05) is 12.3 Å². The van der Waals surface area contributed by atoms with Gasteiger partial charge in [-0.3, -0.25) is 9.78 Å². The first-order valence-corrected chi connectivity index (χ1v) is 6.76. The van der Waals surface area contributed by atoms with E-state index in [-0.39, 0.29) is 21.6 Å². The Hall–Kier alpha value is -1.78. The second-order valence-corrected chi connectivity index (χ2v) is 4.97. The average Bonchev–Trinajstić information content (AvgIpc) is 2.45. The van der Waals surface area contributed by atoms with Crippen LogP contribution in [0.1, 0.15) is 16.1 Å². The first-order chi connectivity index (χ1) is 9.58. The summed E-state index contributed by atoms with van der Waals surface area (Å²) in [6.07, 6.45) is 2.38. The topological polar surface area (TPSA) is 68.0 Å². The van der Waals surface area contributed by atoms with Gasteiger partial charge in [-0.2, -0.15) is 0 Å². The summed E-state index contributed by atoms with van der Waals surface area (Å²) in [5.41, 5.74) is 7.26. The third-order valence-corrected chi connectivity index (χ3v) is 3.53. The van der Waals surface area contributed by atoms with Crippen LogP contribution in [0, 0.1) is 0 Å². The molecule has 2 rings (SSSR count). The smallest absolute Gasteiger partial charge is 0.251 e. The van der Waals surface area contributed by atoms with E-state index >= 15 is 0 Å². The van der Waals surface area contributed by atoms with E-state index in [9.17, 15) is 4.79 Å². The Labute approximate surface area is 126 Å². The van der Waals surface area contributed by atoms with E-state index in [1.807, 2.05) is 18.2 Å². The lowest BCUT2D eigenvalue weighted by Gasteiger charge is -2.07. The van der Waals surface area contributed by atoms with Crippen LogP contribution in [0.2, 0.25) is 10.0 Å². The van der Waals surface area contributed by atoms with Crippen LogP contribution in [0.5, 0.6) is 0 Å². The maximum absolute atomic E-state index is 12.0. The Morgan fingerprint density at radius 3 is 2.75 bits per heavy atom. The molecule has 0 aliphatic heterocycles. The molecule has 104 valence electrons. The lowest BCUT2D eigenvalue weighted by Crippen LogP contribution is -2.26. The number of nitrogens with one attached hydrogen (secondary N) is 1. The number of halogens is 2. The first-order valence-electron chi connectivity index (χ1n) is 6.00. The maximum Gasteiger partial charge on any atom is 0.251 e. The van der Waals surface area contributed by atoms with Gasteiger partial charge in [0, 0.05) is 30.4 Å². The molecule has 20 heavy (non-hydrogen) atoms. The number of rotatable bonds is 4. The zero-order valence-electron chi connectivity index (χ0n) is 10.6. The molecule has 0 aliphatic carbocycles. The van der Waals surface area contributed by atoms with E-state index in [0.717, 1.165) is 5.69 Å². The minimum absolute atomic E-state index is 0.244. The van der Waals surface area contributed by atoms with E-state index in [1.54, 1.807) is 6.20 Å². The van der Waals surface area contributed by atoms with Crippen molar-refractivity contribution in [2.24, 2.45) is 0 Å². The number of nitrogens with zero attached hydrogens (tertiary/aromatic N) is 1. The number of hydrogen-bond donors (Lipinski definition) is 2. The predicted octanol–water partition coefficient (Wildman–Crippen LogP) is 2.94. The highest BCUT2D eigenvalue weighted by Gasteiger charge is 2.10. The minimum Gasteiger partial charge on any atom is -0.397 e. The lowest BCUT2D eigenvalue weighted by molar-refractivity contribution is 0.0954. The van der Waals surface area contributed by atoms with Crippen LogP contribution in [0.15, 0.2) is 36.5 Å². The molecular weight excluding hydrogens is 297 g/mol. The van der Waals surface area contributed by atoms with Crippen molar-refractivity contribution in [3.05, 3.63) is 57.8 Å². The van der Waals surface area contributed by atoms with Gasteiger partial charge in [-0.1, -0.05) is 29.3 Å². The quantitative estimate of drug-likeness (QED) is 0.853. The Kier molecular flexibility index (Phi) is 4.82. The summed E-state index contributed by atoms with van der Waals surface area (Å²) in [5, 5.41) is 3.31. The third-order valence-electron chi connectivity index (χ3n) is 2.71. The SMILES string of the molecule is Nc1cc(C(=O)NCCc2ccccn2)cc(Cl)c1Cl. The molecule has 4 nitrogen and oxygen atoms in total. The Bertz CT molecular complexity index is 594. The van der Waals surface area contributed by atoms with Gasteiger partial charge in [0.15, 0.2) is 0 Å². The number of carbonyl (C=O) groups is 1. The molecule has 0 spiro atoms. The number of hydrogen-bond acceptors (Lipinski definition) is 3. The normalized spacial score (nSPS) is 10.3. The van der Waals surface area contributed by atoms with Gasteiger partial charge in [-0.15, -0.1) is 0 Å². The number of carbonyl (C=O) groups excluding carboxylic acids is 1. The molecule has 0 unspecified atom stereocenters. The van der Waals surface area contributed by atoms with Crippen molar-refractivity contribution in [1.82, 2.24) is 10.3 Å². The van der Waals surface area contributed by atoms with Crippen LogP contribution in [-0.4, -0.2) is 17.4 Å². The van der Waals surface area contributed by atoms with Gasteiger partial charge in [0.1, 0.15) is 0 Å². The van der Waals surface area contributed by atoms with E-state index < -0.39 is 0 Å². The van der Waals surface area contributed by atoms with Crippen LogP contribution in [0.3, 0.4) is 0 Å². The van der Waals surface area contributed by atoms with Gasteiger partial charge in [0.05, 0.1) is 15.7 Å². The van der Waals surface area contributed by atoms with Gasteiger partial charge >= 0.3 is 0 Å². The van der Waals surface area contributed by atoms with Crippen molar-refractivity contribution < 1.29 is 4.79 Å². The summed E-state index contributed by atoms with van der Waals surface area (Å²) in [5.74, 6) is -0.244. The summed E-state index contributed by atoms with van der Waals surface area (Å²) in [7, 11) is 0. The molecule has 0 bridgehead atoms. The molecule has 0 saturated heterocycles. The summed E-state index contributed by atoms with van der Waals surface area (Å²) in [6, 6.07) is 8.66. The molecule has 0 saturated carbocycles. The number of amides is 1. The number of benzene rings is 1. The minimum atomic E-state index is -0.244. The van der Waals surface area contributed by atoms with Crippen LogP contribution in [0.4, 0.5) is 5.69 Å². The van der Waals surface area contributed by atoms with Gasteiger partial charge in [0.25, 0.3) is 5.91 Å². The van der Waals surface area contributed by atoms with Gasteiger partial charge in [0.2, 0.25) is 0 Å². The fraction of sp³-hybridized carbons (Fsp3) is 0.143. The van der Waals surface area contributed by atoms with Crippen LogP contribution >= 0.6 is 23.2 Å². The van der Waals surface area contributed by atoms with Crippen molar-refractivity contribution in [1.29, 1.82) is 0 Å². The number of aromatic nitrogens is 1. The standard InChI is InChI=1S/C14H13Cl2N3O/c15-11-7-9(8-12(17)13(11)16)14(20)19-6-4-10-3-1-2-5-18-10/h1-3,5,7-8H,4,6,17H2,(H,19,20).